The summed E-state index contributed by atoms with van der Waals surface area (Å²) in [4.78, 5) is 15.0. The van der Waals surface area contributed by atoms with E-state index < -0.39 is 11.8 Å². The third kappa shape index (κ3) is 2.88. The van der Waals surface area contributed by atoms with Crippen LogP contribution in [0.1, 0.15) is 21.5 Å². The van der Waals surface area contributed by atoms with Gasteiger partial charge in [-0.3, -0.25) is 4.98 Å². The molecule has 0 saturated heterocycles. The topological polar surface area (TPSA) is 62.2 Å². The lowest BCUT2D eigenvalue weighted by Crippen LogP contribution is -2.09. The minimum absolute atomic E-state index is 0.267. The van der Waals surface area contributed by atoms with Crippen LogP contribution in [0.15, 0.2) is 36.7 Å². The Labute approximate surface area is 109 Å². The molecule has 19 heavy (non-hydrogen) atoms. The zero-order valence-electron chi connectivity index (χ0n) is 10.4. The molecule has 4 nitrogen and oxygen atoms in total. The highest BCUT2D eigenvalue weighted by molar-refractivity contribution is 5.94. The molecule has 1 aromatic carbocycles. The summed E-state index contributed by atoms with van der Waals surface area (Å²) in [5, 5.41) is 12.0. The van der Waals surface area contributed by atoms with Gasteiger partial charge in [0, 0.05) is 18.9 Å². The number of nitrogens with zero attached hydrogens (tertiary/aromatic N) is 1. The summed E-state index contributed by atoms with van der Waals surface area (Å²) >= 11 is 0. The van der Waals surface area contributed by atoms with Crippen molar-refractivity contribution in [2.24, 2.45) is 0 Å². The van der Waals surface area contributed by atoms with Crippen molar-refractivity contribution in [3.63, 3.8) is 0 Å². The van der Waals surface area contributed by atoms with Gasteiger partial charge in [0.15, 0.2) is 0 Å². The Morgan fingerprint density at radius 3 is 2.89 bits per heavy atom. The first-order valence-electron chi connectivity index (χ1n) is 5.74. The molecule has 0 spiro atoms. The van der Waals surface area contributed by atoms with E-state index in [1.807, 2.05) is 13.0 Å². The van der Waals surface area contributed by atoms with Crippen LogP contribution in [0.25, 0.3) is 0 Å². The van der Waals surface area contributed by atoms with Crippen LogP contribution in [0.3, 0.4) is 0 Å². The zero-order valence-corrected chi connectivity index (χ0v) is 10.4. The third-order valence-electron chi connectivity index (χ3n) is 2.83. The predicted molar refractivity (Wildman–Crippen MR) is 69.7 cm³/mol. The first-order chi connectivity index (χ1) is 9.09. The van der Waals surface area contributed by atoms with Gasteiger partial charge in [0.1, 0.15) is 11.4 Å². The fourth-order valence-electron chi connectivity index (χ4n) is 1.78. The van der Waals surface area contributed by atoms with Crippen LogP contribution in [0.2, 0.25) is 0 Å². The van der Waals surface area contributed by atoms with E-state index in [0.717, 1.165) is 17.2 Å². The molecule has 1 aromatic heterocycles. The Bertz CT molecular complexity index is 614. The van der Waals surface area contributed by atoms with Crippen LogP contribution >= 0.6 is 0 Å². The summed E-state index contributed by atoms with van der Waals surface area (Å²) < 4.78 is 13.5. The van der Waals surface area contributed by atoms with Crippen molar-refractivity contribution in [3.8, 4) is 0 Å². The van der Waals surface area contributed by atoms with Gasteiger partial charge < -0.3 is 10.4 Å². The molecule has 0 fully saturated rings. The number of aromatic carboxylic acids is 1. The quantitative estimate of drug-likeness (QED) is 0.887. The van der Waals surface area contributed by atoms with E-state index in [0.29, 0.717) is 6.54 Å². The molecule has 0 aliphatic carbocycles. The summed E-state index contributed by atoms with van der Waals surface area (Å²) in [5.74, 6) is -2.03. The molecule has 0 bridgehead atoms. The standard InChI is InChI=1S/C14H13FN2O2/c1-9-7-16-6-5-10(9)8-17-12-4-2-3-11(15)13(12)14(18)19/h2-7,17H,8H2,1H3,(H,18,19). The van der Waals surface area contributed by atoms with Gasteiger partial charge in [0.2, 0.25) is 0 Å². The maximum absolute atomic E-state index is 13.5. The molecule has 2 N–H and O–H groups in total. The van der Waals surface area contributed by atoms with Gasteiger partial charge >= 0.3 is 5.97 Å². The van der Waals surface area contributed by atoms with Crippen LogP contribution in [-0.2, 0) is 6.54 Å². The third-order valence-corrected chi connectivity index (χ3v) is 2.83. The van der Waals surface area contributed by atoms with Gasteiger partial charge in [-0.25, -0.2) is 9.18 Å². The number of carboxylic acids is 1. The van der Waals surface area contributed by atoms with Crippen LogP contribution in [0.5, 0.6) is 0 Å². The highest BCUT2D eigenvalue weighted by atomic mass is 19.1. The van der Waals surface area contributed by atoms with E-state index in [9.17, 15) is 9.18 Å². The summed E-state index contributed by atoms with van der Waals surface area (Å²) in [6.07, 6.45) is 3.38. The maximum atomic E-state index is 13.5. The Morgan fingerprint density at radius 2 is 2.21 bits per heavy atom. The smallest absolute Gasteiger partial charge is 0.340 e. The molecule has 1 heterocycles. The summed E-state index contributed by atoms with van der Waals surface area (Å²) in [6.45, 7) is 2.33. The number of halogens is 1. The number of pyridine rings is 1. The lowest BCUT2D eigenvalue weighted by molar-refractivity contribution is 0.0693. The average molecular weight is 260 g/mol. The van der Waals surface area contributed by atoms with Crippen molar-refractivity contribution in [1.29, 1.82) is 0 Å². The van der Waals surface area contributed by atoms with Crippen molar-refractivity contribution in [1.82, 2.24) is 4.98 Å². The second kappa shape index (κ2) is 5.48. The second-order valence-electron chi connectivity index (χ2n) is 4.12. The molecule has 2 rings (SSSR count). The number of benzene rings is 1. The number of carboxylic acid groups (broad SMARTS) is 1. The summed E-state index contributed by atoms with van der Waals surface area (Å²) in [6, 6.07) is 5.99. The van der Waals surface area contributed by atoms with Crippen LogP contribution in [0, 0.1) is 12.7 Å². The molecule has 2 aromatic rings. The molecule has 0 amide bonds. The molecule has 0 radical (unpaired) electrons. The molecule has 0 atom stereocenters. The number of nitrogens with one attached hydrogen (secondary N) is 1. The first kappa shape index (κ1) is 13.0. The van der Waals surface area contributed by atoms with Crippen LogP contribution in [0.4, 0.5) is 10.1 Å². The van der Waals surface area contributed by atoms with Gasteiger partial charge in [0.25, 0.3) is 0 Å². The lowest BCUT2D eigenvalue weighted by atomic mass is 10.1. The second-order valence-corrected chi connectivity index (χ2v) is 4.12. The Kier molecular flexibility index (Phi) is 3.75. The number of anilines is 1. The van der Waals surface area contributed by atoms with Crippen LogP contribution in [-0.4, -0.2) is 16.1 Å². The monoisotopic (exact) mass is 260 g/mol. The number of aryl methyl sites for hydroxylation is 1. The SMILES string of the molecule is Cc1cnccc1CNc1cccc(F)c1C(=O)O. The fraction of sp³-hybridized carbons (Fsp3) is 0.143. The summed E-state index contributed by atoms with van der Waals surface area (Å²) in [5.41, 5.74) is 1.90. The number of rotatable bonds is 4. The van der Waals surface area contributed by atoms with Gasteiger partial charge in [0.05, 0.1) is 5.69 Å². The lowest BCUT2D eigenvalue weighted by Gasteiger charge is -2.11. The predicted octanol–water partition coefficient (Wildman–Crippen LogP) is 2.84. The maximum Gasteiger partial charge on any atom is 0.340 e. The molecular formula is C14H13FN2O2. The van der Waals surface area contributed by atoms with E-state index in [2.05, 4.69) is 10.3 Å². The van der Waals surface area contributed by atoms with Gasteiger partial charge in [-0.05, 0) is 36.2 Å². The van der Waals surface area contributed by atoms with Crippen molar-refractivity contribution < 1.29 is 14.3 Å². The van der Waals surface area contributed by atoms with Crippen molar-refractivity contribution in [2.75, 3.05) is 5.32 Å². The molecule has 98 valence electrons. The van der Waals surface area contributed by atoms with E-state index in [1.54, 1.807) is 18.5 Å². The van der Waals surface area contributed by atoms with Gasteiger partial charge in [-0.2, -0.15) is 0 Å². The van der Waals surface area contributed by atoms with Crippen molar-refractivity contribution >= 4 is 11.7 Å². The number of hydrogen-bond acceptors (Lipinski definition) is 3. The van der Waals surface area contributed by atoms with E-state index in [-0.39, 0.29) is 11.3 Å². The molecule has 0 unspecified atom stereocenters. The summed E-state index contributed by atoms with van der Waals surface area (Å²) in [7, 11) is 0. The molecule has 0 aliphatic heterocycles. The normalized spacial score (nSPS) is 10.2. The number of hydrogen-bond donors (Lipinski definition) is 2. The molecule has 0 aliphatic rings. The molecule has 0 saturated carbocycles. The first-order valence-corrected chi connectivity index (χ1v) is 5.74. The Morgan fingerprint density at radius 1 is 1.42 bits per heavy atom. The number of carbonyl (C=O) groups is 1. The highest BCUT2D eigenvalue weighted by Gasteiger charge is 2.15. The molecule has 5 heteroatoms. The Balaban J connectivity index is 2.23. The minimum atomic E-state index is -1.29. The largest absolute Gasteiger partial charge is 0.478 e. The highest BCUT2D eigenvalue weighted by Crippen LogP contribution is 2.20. The number of aromatic nitrogens is 1. The average Bonchev–Trinajstić information content (AvgIpc) is 2.37. The van der Waals surface area contributed by atoms with Gasteiger partial charge in [-0.15, -0.1) is 0 Å². The minimum Gasteiger partial charge on any atom is -0.478 e. The zero-order chi connectivity index (χ0) is 13.8. The van der Waals surface area contributed by atoms with Gasteiger partial charge in [-0.1, -0.05) is 6.07 Å². The van der Waals surface area contributed by atoms with Crippen LogP contribution < -0.4 is 5.32 Å². The van der Waals surface area contributed by atoms with E-state index >= 15 is 0 Å². The Hall–Kier alpha value is -2.43. The van der Waals surface area contributed by atoms with Crippen molar-refractivity contribution in [2.45, 2.75) is 13.5 Å². The molecular weight excluding hydrogens is 247 g/mol. The fourth-order valence-corrected chi connectivity index (χ4v) is 1.78. The van der Waals surface area contributed by atoms with Crippen molar-refractivity contribution in [3.05, 3.63) is 59.2 Å². The van der Waals surface area contributed by atoms with E-state index in [1.165, 1.54) is 6.07 Å². The van der Waals surface area contributed by atoms with E-state index in [4.69, 9.17) is 5.11 Å².